The Labute approximate surface area is 150 Å². The third-order valence-corrected chi connectivity index (χ3v) is 5.41. The molecular weight excluding hydrogens is 314 g/mol. The summed E-state index contributed by atoms with van der Waals surface area (Å²) in [7, 11) is 2.11. The van der Waals surface area contributed by atoms with Crippen molar-refractivity contribution in [1.29, 1.82) is 0 Å². The standard InChI is InChI=1S/C20H29N3O2/c1-19(2,3)16-7-5-15(6-8-16)18(25)21-11-17(24)23-10-9-20(14-23)12-22(4)13-20/h5-8H,9-14H2,1-4H3,(H,21,25). The lowest BCUT2D eigenvalue weighted by Crippen LogP contribution is -2.56. The lowest BCUT2D eigenvalue weighted by molar-refractivity contribution is -0.130. The molecular formula is C20H29N3O2. The number of rotatable bonds is 3. The van der Waals surface area contributed by atoms with Gasteiger partial charge in [-0.1, -0.05) is 32.9 Å². The van der Waals surface area contributed by atoms with E-state index in [2.05, 4.69) is 38.0 Å². The van der Waals surface area contributed by atoms with Gasteiger partial charge in [-0.15, -0.1) is 0 Å². The van der Waals surface area contributed by atoms with Gasteiger partial charge in [0.1, 0.15) is 0 Å². The topological polar surface area (TPSA) is 52.6 Å². The highest BCUT2D eigenvalue weighted by Crippen LogP contribution is 2.38. The second kappa shape index (κ2) is 6.45. The van der Waals surface area contributed by atoms with Crippen LogP contribution in [0.5, 0.6) is 0 Å². The molecule has 0 unspecified atom stereocenters. The van der Waals surface area contributed by atoms with Crippen molar-refractivity contribution in [3.63, 3.8) is 0 Å². The van der Waals surface area contributed by atoms with Crippen LogP contribution < -0.4 is 5.32 Å². The molecule has 0 aromatic heterocycles. The number of hydrogen-bond acceptors (Lipinski definition) is 3. The summed E-state index contributed by atoms with van der Waals surface area (Å²) in [6.07, 6.45) is 1.07. The number of hydrogen-bond donors (Lipinski definition) is 1. The summed E-state index contributed by atoms with van der Waals surface area (Å²) in [5, 5.41) is 2.77. The molecule has 2 heterocycles. The highest BCUT2D eigenvalue weighted by atomic mass is 16.2. The predicted octanol–water partition coefficient (Wildman–Crippen LogP) is 1.88. The molecule has 2 fully saturated rings. The lowest BCUT2D eigenvalue weighted by atomic mass is 9.79. The molecule has 0 saturated carbocycles. The van der Waals surface area contributed by atoms with Gasteiger partial charge in [-0.05, 0) is 36.6 Å². The monoisotopic (exact) mass is 343 g/mol. The number of amides is 2. The Hall–Kier alpha value is -1.88. The Morgan fingerprint density at radius 2 is 1.76 bits per heavy atom. The Morgan fingerprint density at radius 1 is 1.12 bits per heavy atom. The average Bonchev–Trinajstić information content (AvgIpc) is 2.96. The van der Waals surface area contributed by atoms with Gasteiger partial charge in [0.05, 0.1) is 6.54 Å². The van der Waals surface area contributed by atoms with Crippen molar-refractivity contribution >= 4 is 11.8 Å². The van der Waals surface area contributed by atoms with Crippen LogP contribution in [0.25, 0.3) is 0 Å². The van der Waals surface area contributed by atoms with E-state index in [1.165, 1.54) is 5.56 Å². The van der Waals surface area contributed by atoms with Gasteiger partial charge in [-0.2, -0.15) is 0 Å². The van der Waals surface area contributed by atoms with E-state index in [-0.39, 0.29) is 23.8 Å². The Morgan fingerprint density at radius 3 is 2.32 bits per heavy atom. The minimum atomic E-state index is -0.189. The zero-order valence-electron chi connectivity index (χ0n) is 15.8. The summed E-state index contributed by atoms with van der Waals surface area (Å²) in [6, 6.07) is 7.62. The lowest BCUT2D eigenvalue weighted by Gasteiger charge is -2.46. The van der Waals surface area contributed by atoms with E-state index in [1.54, 1.807) is 0 Å². The second-order valence-electron chi connectivity index (χ2n) is 8.75. The van der Waals surface area contributed by atoms with E-state index in [4.69, 9.17) is 0 Å². The van der Waals surface area contributed by atoms with Crippen LogP contribution >= 0.6 is 0 Å². The molecule has 0 aliphatic carbocycles. The highest BCUT2D eigenvalue weighted by Gasteiger charge is 2.47. The van der Waals surface area contributed by atoms with E-state index in [1.807, 2.05) is 29.2 Å². The van der Waals surface area contributed by atoms with Crippen molar-refractivity contribution in [2.24, 2.45) is 5.41 Å². The molecule has 2 aliphatic rings. The summed E-state index contributed by atoms with van der Waals surface area (Å²) < 4.78 is 0. The molecule has 5 nitrogen and oxygen atoms in total. The molecule has 1 spiro atoms. The van der Waals surface area contributed by atoms with Crippen LogP contribution in [-0.4, -0.2) is 61.4 Å². The SMILES string of the molecule is CN1CC2(CCN(C(=O)CNC(=O)c3ccc(C(C)(C)C)cc3)C2)C1. The Balaban J connectivity index is 1.50. The largest absolute Gasteiger partial charge is 0.343 e. The van der Waals surface area contributed by atoms with E-state index in [0.717, 1.165) is 32.6 Å². The fraction of sp³-hybridized carbons (Fsp3) is 0.600. The molecule has 3 rings (SSSR count). The second-order valence-corrected chi connectivity index (χ2v) is 8.75. The first kappa shape index (κ1) is 17.9. The molecule has 1 N–H and O–H groups in total. The average molecular weight is 343 g/mol. The zero-order valence-corrected chi connectivity index (χ0v) is 15.8. The van der Waals surface area contributed by atoms with Gasteiger partial charge in [0.15, 0.2) is 0 Å². The van der Waals surface area contributed by atoms with Crippen molar-refractivity contribution in [3.05, 3.63) is 35.4 Å². The third kappa shape index (κ3) is 3.87. The molecule has 5 heteroatoms. The zero-order chi connectivity index (χ0) is 18.2. The molecule has 2 aliphatic heterocycles. The van der Waals surface area contributed by atoms with Crippen LogP contribution in [0.2, 0.25) is 0 Å². The number of nitrogens with one attached hydrogen (secondary N) is 1. The molecule has 1 aromatic carbocycles. The van der Waals surface area contributed by atoms with Gasteiger partial charge < -0.3 is 15.1 Å². The minimum Gasteiger partial charge on any atom is -0.343 e. The van der Waals surface area contributed by atoms with Gasteiger partial charge in [-0.3, -0.25) is 9.59 Å². The quantitative estimate of drug-likeness (QED) is 0.912. The molecule has 0 radical (unpaired) electrons. The highest BCUT2D eigenvalue weighted by molar-refractivity contribution is 5.96. The summed E-state index contributed by atoms with van der Waals surface area (Å²) in [6.45, 7) is 10.3. The smallest absolute Gasteiger partial charge is 0.251 e. The minimum absolute atomic E-state index is 0.0195. The van der Waals surface area contributed by atoms with Gasteiger partial charge >= 0.3 is 0 Å². The first-order chi connectivity index (χ1) is 11.7. The summed E-state index contributed by atoms with van der Waals surface area (Å²) >= 11 is 0. The molecule has 1 aromatic rings. The Bertz CT molecular complexity index is 655. The molecule has 136 valence electrons. The number of likely N-dealkylation sites (tertiary alicyclic amines) is 2. The summed E-state index contributed by atoms with van der Waals surface area (Å²) in [5.74, 6) is -0.169. The summed E-state index contributed by atoms with van der Waals surface area (Å²) in [4.78, 5) is 28.8. The molecule has 2 amide bonds. The van der Waals surface area contributed by atoms with Gasteiger partial charge in [0.2, 0.25) is 5.91 Å². The van der Waals surface area contributed by atoms with Gasteiger partial charge in [0.25, 0.3) is 5.91 Å². The Kier molecular flexibility index (Phi) is 4.62. The maximum absolute atomic E-state index is 12.4. The molecule has 25 heavy (non-hydrogen) atoms. The first-order valence-electron chi connectivity index (χ1n) is 9.04. The molecule has 2 saturated heterocycles. The van der Waals surface area contributed by atoms with E-state index in [9.17, 15) is 9.59 Å². The van der Waals surface area contributed by atoms with E-state index >= 15 is 0 Å². The van der Waals surface area contributed by atoms with E-state index < -0.39 is 0 Å². The van der Waals surface area contributed by atoms with Crippen LogP contribution in [0.3, 0.4) is 0 Å². The van der Waals surface area contributed by atoms with Crippen molar-refractivity contribution in [3.8, 4) is 0 Å². The van der Waals surface area contributed by atoms with Crippen LogP contribution in [0, 0.1) is 5.41 Å². The maximum atomic E-state index is 12.4. The van der Waals surface area contributed by atoms with Crippen molar-refractivity contribution in [2.45, 2.75) is 32.6 Å². The van der Waals surface area contributed by atoms with Gasteiger partial charge in [0, 0.05) is 37.2 Å². The number of carbonyl (C=O) groups is 2. The normalized spacial score (nSPS) is 19.8. The van der Waals surface area contributed by atoms with Gasteiger partial charge in [-0.25, -0.2) is 0 Å². The number of nitrogens with zero attached hydrogens (tertiary/aromatic N) is 2. The maximum Gasteiger partial charge on any atom is 0.251 e. The van der Waals surface area contributed by atoms with Crippen LogP contribution in [0.4, 0.5) is 0 Å². The first-order valence-corrected chi connectivity index (χ1v) is 9.04. The fourth-order valence-corrected chi connectivity index (χ4v) is 4.00. The van der Waals surface area contributed by atoms with Crippen molar-refractivity contribution in [2.75, 3.05) is 39.8 Å². The molecule has 0 atom stereocenters. The summed E-state index contributed by atoms with van der Waals surface area (Å²) in [5.41, 5.74) is 2.15. The third-order valence-electron chi connectivity index (χ3n) is 5.41. The number of carbonyl (C=O) groups excluding carboxylic acids is 2. The van der Waals surface area contributed by atoms with Crippen LogP contribution in [0.15, 0.2) is 24.3 Å². The predicted molar refractivity (Wildman–Crippen MR) is 98.6 cm³/mol. The van der Waals surface area contributed by atoms with E-state index in [0.29, 0.717) is 11.0 Å². The van der Waals surface area contributed by atoms with Crippen LogP contribution in [0.1, 0.15) is 43.1 Å². The van der Waals surface area contributed by atoms with Crippen LogP contribution in [-0.2, 0) is 10.2 Å². The molecule has 0 bridgehead atoms. The van der Waals surface area contributed by atoms with Crippen molar-refractivity contribution in [1.82, 2.24) is 15.1 Å². The fourth-order valence-electron chi connectivity index (χ4n) is 4.00. The number of benzene rings is 1. The van der Waals surface area contributed by atoms with Crippen molar-refractivity contribution < 1.29 is 9.59 Å².